The summed E-state index contributed by atoms with van der Waals surface area (Å²) in [6, 6.07) is 5.94. The third-order valence-electron chi connectivity index (χ3n) is 2.74. The summed E-state index contributed by atoms with van der Waals surface area (Å²) in [5.41, 5.74) is 7.97. The highest BCUT2D eigenvalue weighted by Gasteiger charge is 2.11. The van der Waals surface area contributed by atoms with Crippen molar-refractivity contribution in [3.63, 3.8) is 0 Å². The van der Waals surface area contributed by atoms with Crippen LogP contribution >= 0.6 is 11.6 Å². The predicted molar refractivity (Wildman–Crippen MR) is 72.4 cm³/mol. The molecule has 0 aliphatic rings. The van der Waals surface area contributed by atoms with Crippen molar-refractivity contribution in [3.8, 4) is 0 Å². The van der Waals surface area contributed by atoms with Gasteiger partial charge in [-0.2, -0.15) is 0 Å². The number of aryl methyl sites for hydroxylation is 1. The summed E-state index contributed by atoms with van der Waals surface area (Å²) in [4.78, 5) is 4.64. The van der Waals surface area contributed by atoms with Crippen LogP contribution in [0.2, 0.25) is 5.02 Å². The lowest BCUT2D eigenvalue weighted by Crippen LogP contribution is -2.20. The number of imidazole rings is 1. The molecule has 0 amide bonds. The highest BCUT2D eigenvalue weighted by Crippen LogP contribution is 2.21. The first kappa shape index (κ1) is 12.4. The van der Waals surface area contributed by atoms with Crippen LogP contribution in [0.25, 0.3) is 11.0 Å². The first-order chi connectivity index (χ1) is 8.11. The normalized spacial score (nSPS) is 13.2. The Morgan fingerprint density at radius 2 is 2.24 bits per heavy atom. The molecule has 2 aromatic rings. The first-order valence-corrected chi connectivity index (χ1v) is 6.40. The van der Waals surface area contributed by atoms with E-state index in [0.717, 1.165) is 41.3 Å². The summed E-state index contributed by atoms with van der Waals surface area (Å²) in [6.45, 7) is 5.12. The van der Waals surface area contributed by atoms with Gasteiger partial charge in [-0.3, -0.25) is 0 Å². The van der Waals surface area contributed by atoms with E-state index < -0.39 is 0 Å². The summed E-state index contributed by atoms with van der Waals surface area (Å²) in [5, 5.41) is 0.752. The lowest BCUT2D eigenvalue weighted by Gasteiger charge is -2.09. The molecule has 92 valence electrons. The van der Waals surface area contributed by atoms with Crippen molar-refractivity contribution >= 4 is 22.6 Å². The van der Waals surface area contributed by atoms with Crippen LogP contribution in [0.1, 0.15) is 26.1 Å². The molecular weight excluding hydrogens is 234 g/mol. The molecule has 0 spiro atoms. The number of hydrogen-bond donors (Lipinski definition) is 1. The molecule has 4 heteroatoms. The van der Waals surface area contributed by atoms with E-state index in [1.54, 1.807) is 0 Å². The van der Waals surface area contributed by atoms with Crippen molar-refractivity contribution in [1.29, 1.82) is 0 Å². The molecule has 1 unspecified atom stereocenters. The highest BCUT2D eigenvalue weighted by molar-refractivity contribution is 6.31. The molecule has 2 N–H and O–H groups in total. The SMILES string of the molecule is CCCn1c(CC(C)N)nc2ccc(Cl)cc21. The van der Waals surface area contributed by atoms with E-state index in [4.69, 9.17) is 17.3 Å². The number of nitrogens with zero attached hydrogens (tertiary/aromatic N) is 2. The number of aromatic nitrogens is 2. The number of hydrogen-bond acceptors (Lipinski definition) is 2. The second-order valence-corrected chi connectivity index (χ2v) is 4.93. The maximum Gasteiger partial charge on any atom is 0.111 e. The Balaban J connectivity index is 2.54. The summed E-state index contributed by atoms with van der Waals surface area (Å²) >= 11 is 6.04. The van der Waals surface area contributed by atoms with Gasteiger partial charge < -0.3 is 10.3 Å². The van der Waals surface area contributed by atoms with E-state index in [2.05, 4.69) is 16.5 Å². The molecule has 0 aliphatic heterocycles. The summed E-state index contributed by atoms with van der Waals surface area (Å²) < 4.78 is 2.23. The number of benzene rings is 1. The molecule has 0 saturated heterocycles. The Morgan fingerprint density at radius 1 is 1.47 bits per heavy atom. The third-order valence-corrected chi connectivity index (χ3v) is 2.98. The summed E-state index contributed by atoms with van der Waals surface area (Å²) in [6.07, 6.45) is 1.87. The average molecular weight is 252 g/mol. The van der Waals surface area contributed by atoms with Crippen molar-refractivity contribution in [3.05, 3.63) is 29.0 Å². The van der Waals surface area contributed by atoms with E-state index in [9.17, 15) is 0 Å². The van der Waals surface area contributed by atoms with Crippen LogP contribution in [0.5, 0.6) is 0 Å². The molecular formula is C13H18ClN3. The van der Waals surface area contributed by atoms with E-state index >= 15 is 0 Å². The molecule has 2 rings (SSSR count). The maximum atomic E-state index is 6.04. The zero-order valence-corrected chi connectivity index (χ0v) is 11.0. The first-order valence-electron chi connectivity index (χ1n) is 6.02. The van der Waals surface area contributed by atoms with Gasteiger partial charge >= 0.3 is 0 Å². The fourth-order valence-corrected chi connectivity index (χ4v) is 2.23. The number of fused-ring (bicyclic) bond motifs is 1. The Labute approximate surface area is 107 Å². The minimum atomic E-state index is 0.123. The number of nitrogens with two attached hydrogens (primary N) is 1. The van der Waals surface area contributed by atoms with Gasteiger partial charge in [0.05, 0.1) is 11.0 Å². The van der Waals surface area contributed by atoms with Crippen LogP contribution in [0.4, 0.5) is 0 Å². The van der Waals surface area contributed by atoms with Gasteiger partial charge in [-0.15, -0.1) is 0 Å². The average Bonchev–Trinajstić information content (AvgIpc) is 2.57. The van der Waals surface area contributed by atoms with Crippen molar-refractivity contribution in [2.24, 2.45) is 5.73 Å². The molecule has 1 atom stereocenters. The summed E-state index contributed by atoms with van der Waals surface area (Å²) in [7, 11) is 0. The molecule has 0 saturated carbocycles. The predicted octanol–water partition coefficient (Wildman–Crippen LogP) is 2.99. The van der Waals surface area contributed by atoms with Gasteiger partial charge in [0, 0.05) is 24.0 Å². The molecule has 1 aromatic heterocycles. The number of rotatable bonds is 4. The van der Waals surface area contributed by atoms with E-state index in [0.29, 0.717) is 0 Å². The topological polar surface area (TPSA) is 43.8 Å². The van der Waals surface area contributed by atoms with Crippen LogP contribution < -0.4 is 5.73 Å². The molecule has 3 nitrogen and oxygen atoms in total. The highest BCUT2D eigenvalue weighted by atomic mass is 35.5. The minimum Gasteiger partial charge on any atom is -0.328 e. The zero-order chi connectivity index (χ0) is 12.4. The molecule has 1 aromatic carbocycles. The standard InChI is InChI=1S/C13H18ClN3/c1-3-6-17-12-8-10(14)4-5-11(12)16-13(17)7-9(2)15/h4-5,8-9H,3,6-7,15H2,1-2H3. The van der Waals surface area contributed by atoms with Gasteiger partial charge in [-0.1, -0.05) is 18.5 Å². The monoisotopic (exact) mass is 251 g/mol. The fraction of sp³-hybridized carbons (Fsp3) is 0.462. The van der Waals surface area contributed by atoms with Crippen molar-refractivity contribution in [1.82, 2.24) is 9.55 Å². The summed E-state index contributed by atoms with van der Waals surface area (Å²) in [5.74, 6) is 1.05. The molecule has 1 heterocycles. The quantitative estimate of drug-likeness (QED) is 0.908. The van der Waals surface area contributed by atoms with Crippen molar-refractivity contribution in [2.45, 2.75) is 39.3 Å². The minimum absolute atomic E-state index is 0.123. The van der Waals surface area contributed by atoms with Crippen LogP contribution in [0, 0.1) is 0 Å². The molecule has 0 radical (unpaired) electrons. The van der Waals surface area contributed by atoms with Gasteiger partial charge in [0.25, 0.3) is 0 Å². The lowest BCUT2D eigenvalue weighted by atomic mass is 10.2. The molecule has 17 heavy (non-hydrogen) atoms. The van der Waals surface area contributed by atoms with Crippen LogP contribution in [0.15, 0.2) is 18.2 Å². The Hall–Kier alpha value is -1.06. The zero-order valence-electron chi connectivity index (χ0n) is 10.3. The molecule has 0 bridgehead atoms. The van der Waals surface area contributed by atoms with E-state index in [1.165, 1.54) is 0 Å². The maximum absolute atomic E-state index is 6.04. The lowest BCUT2D eigenvalue weighted by molar-refractivity contribution is 0.616. The van der Waals surface area contributed by atoms with Gasteiger partial charge in [0.15, 0.2) is 0 Å². The van der Waals surface area contributed by atoms with Crippen molar-refractivity contribution < 1.29 is 0 Å². The third kappa shape index (κ3) is 2.61. The van der Waals surface area contributed by atoms with Crippen molar-refractivity contribution in [2.75, 3.05) is 0 Å². The van der Waals surface area contributed by atoms with Gasteiger partial charge in [-0.25, -0.2) is 4.98 Å². The Kier molecular flexibility index (Phi) is 3.69. The largest absolute Gasteiger partial charge is 0.328 e. The van der Waals surface area contributed by atoms with Gasteiger partial charge in [0.2, 0.25) is 0 Å². The smallest absolute Gasteiger partial charge is 0.111 e. The van der Waals surface area contributed by atoms with Gasteiger partial charge in [-0.05, 0) is 31.5 Å². The molecule has 0 fully saturated rings. The Morgan fingerprint density at radius 3 is 2.88 bits per heavy atom. The second kappa shape index (κ2) is 5.07. The van der Waals surface area contributed by atoms with E-state index in [-0.39, 0.29) is 6.04 Å². The molecule has 0 aliphatic carbocycles. The second-order valence-electron chi connectivity index (χ2n) is 4.49. The van der Waals surface area contributed by atoms with Gasteiger partial charge in [0.1, 0.15) is 5.82 Å². The van der Waals surface area contributed by atoms with E-state index in [1.807, 2.05) is 25.1 Å². The number of halogens is 1. The Bertz CT molecular complexity index is 517. The van der Waals surface area contributed by atoms with Crippen LogP contribution in [-0.4, -0.2) is 15.6 Å². The fourth-order valence-electron chi connectivity index (χ4n) is 2.06. The van der Waals surface area contributed by atoms with Crippen LogP contribution in [-0.2, 0) is 13.0 Å². The van der Waals surface area contributed by atoms with Crippen LogP contribution in [0.3, 0.4) is 0 Å².